The van der Waals surface area contributed by atoms with Crippen molar-refractivity contribution in [2.24, 2.45) is 0 Å². The van der Waals surface area contributed by atoms with Crippen molar-refractivity contribution in [3.05, 3.63) is 48.0 Å². The molecule has 2 fully saturated rings. The molecule has 0 radical (unpaired) electrons. The largest absolute Gasteiger partial charge is 0.479 e. The molecule has 6 rings (SSSR count). The van der Waals surface area contributed by atoms with E-state index in [4.69, 9.17) is 14.2 Å². The maximum atomic E-state index is 11.8. The van der Waals surface area contributed by atoms with Crippen molar-refractivity contribution in [3.8, 4) is 0 Å². The maximum Gasteiger partial charge on any atom is 0.335 e. The minimum atomic E-state index is -1.14. The summed E-state index contributed by atoms with van der Waals surface area (Å²) in [7, 11) is 0. The first-order chi connectivity index (χ1) is 15.4. The number of ether oxygens (including phenoxy) is 3. The van der Waals surface area contributed by atoms with Crippen molar-refractivity contribution in [1.82, 2.24) is 19.5 Å². The Morgan fingerprint density at radius 3 is 2.84 bits per heavy atom. The number of hydrogen-bond acceptors (Lipinski definition) is 8. The van der Waals surface area contributed by atoms with Crippen LogP contribution < -0.4 is 5.32 Å². The second-order valence-corrected chi connectivity index (χ2v) is 8.83. The number of imidazole rings is 1. The van der Waals surface area contributed by atoms with Gasteiger partial charge in [0, 0.05) is 0 Å². The monoisotopic (exact) mass is 437 g/mol. The van der Waals surface area contributed by atoms with Crippen molar-refractivity contribution in [3.63, 3.8) is 0 Å². The fourth-order valence-corrected chi connectivity index (χ4v) is 5.02. The van der Waals surface area contributed by atoms with Gasteiger partial charge in [0.1, 0.15) is 18.5 Å². The standard InChI is InChI=1S/C22H23N5O5/c1-22(2)31-15-16(32-22)20(30-17(15)21(28)29)27-10-25-14-18(23-9-24-19(14)27)26-13-8-7-11-5-3-4-6-12(11)13/h3-6,9-10,13,15-17,20H,7-8H2,1-2H3,(H,28,29)(H,23,24,26)/t13-,15-,16+,17-,20+/m0/s1. The molecule has 5 atom stereocenters. The van der Waals surface area contributed by atoms with Crippen molar-refractivity contribution in [1.29, 1.82) is 0 Å². The molecule has 4 heterocycles. The number of nitrogens with one attached hydrogen (secondary N) is 1. The number of nitrogens with zero attached hydrogens (tertiary/aromatic N) is 4. The Labute approximate surface area is 183 Å². The lowest BCUT2D eigenvalue weighted by atomic mass is 10.1. The van der Waals surface area contributed by atoms with E-state index in [1.54, 1.807) is 24.7 Å². The minimum absolute atomic E-state index is 0.144. The predicted molar refractivity (Wildman–Crippen MR) is 112 cm³/mol. The summed E-state index contributed by atoms with van der Waals surface area (Å²) in [4.78, 5) is 25.1. The lowest BCUT2D eigenvalue weighted by molar-refractivity contribution is -0.202. The first kappa shape index (κ1) is 19.6. The van der Waals surface area contributed by atoms with E-state index in [0.717, 1.165) is 12.8 Å². The summed E-state index contributed by atoms with van der Waals surface area (Å²) in [6, 6.07) is 8.53. The van der Waals surface area contributed by atoms with Gasteiger partial charge in [0.25, 0.3) is 0 Å². The first-order valence-electron chi connectivity index (χ1n) is 10.7. The van der Waals surface area contributed by atoms with Gasteiger partial charge >= 0.3 is 5.97 Å². The van der Waals surface area contributed by atoms with Gasteiger partial charge in [-0.25, -0.2) is 19.7 Å². The highest BCUT2D eigenvalue weighted by Crippen LogP contribution is 2.44. The average Bonchev–Trinajstić information content (AvgIpc) is 3.50. The Morgan fingerprint density at radius 1 is 1.19 bits per heavy atom. The second-order valence-electron chi connectivity index (χ2n) is 8.83. The molecule has 0 amide bonds. The molecule has 10 nitrogen and oxygen atoms in total. The highest BCUT2D eigenvalue weighted by atomic mass is 16.8. The van der Waals surface area contributed by atoms with E-state index in [-0.39, 0.29) is 6.04 Å². The van der Waals surface area contributed by atoms with Crippen LogP contribution in [0.3, 0.4) is 0 Å². The number of carboxylic acid groups (broad SMARTS) is 1. The highest BCUT2D eigenvalue weighted by Gasteiger charge is 2.58. The molecule has 10 heteroatoms. The normalized spacial score (nSPS) is 30.4. The maximum absolute atomic E-state index is 11.8. The third-order valence-corrected chi connectivity index (χ3v) is 6.35. The summed E-state index contributed by atoms with van der Waals surface area (Å²) in [5.41, 5.74) is 3.74. The number of aryl methyl sites for hydroxylation is 1. The second kappa shape index (κ2) is 6.96. The van der Waals surface area contributed by atoms with Crippen LogP contribution >= 0.6 is 0 Å². The molecule has 2 aliphatic heterocycles. The molecule has 0 saturated carbocycles. The molecular formula is C22H23N5O5. The quantitative estimate of drug-likeness (QED) is 0.634. The first-order valence-corrected chi connectivity index (χ1v) is 10.7. The van der Waals surface area contributed by atoms with Gasteiger partial charge < -0.3 is 24.6 Å². The van der Waals surface area contributed by atoms with Crippen molar-refractivity contribution in [2.75, 3.05) is 5.32 Å². The van der Waals surface area contributed by atoms with Crippen LogP contribution in [0.5, 0.6) is 0 Å². The van der Waals surface area contributed by atoms with Crippen molar-refractivity contribution in [2.45, 2.75) is 63.1 Å². The molecule has 3 aliphatic rings. The topological polar surface area (TPSA) is 121 Å². The molecule has 3 aromatic rings. The molecule has 2 aromatic heterocycles. The van der Waals surface area contributed by atoms with Crippen LogP contribution in [0, 0.1) is 0 Å². The van der Waals surface area contributed by atoms with Gasteiger partial charge in [0.2, 0.25) is 0 Å². The average molecular weight is 437 g/mol. The van der Waals surface area contributed by atoms with Crippen LogP contribution in [-0.2, 0) is 25.4 Å². The van der Waals surface area contributed by atoms with E-state index >= 15 is 0 Å². The number of benzene rings is 1. The minimum Gasteiger partial charge on any atom is -0.479 e. The molecule has 166 valence electrons. The number of fused-ring (bicyclic) bond motifs is 3. The Bertz CT molecular complexity index is 1210. The van der Waals surface area contributed by atoms with E-state index in [2.05, 4.69) is 38.5 Å². The van der Waals surface area contributed by atoms with Gasteiger partial charge in [-0.15, -0.1) is 0 Å². The Hall–Kier alpha value is -3.08. The van der Waals surface area contributed by atoms with E-state index in [1.165, 1.54) is 17.5 Å². The van der Waals surface area contributed by atoms with E-state index in [9.17, 15) is 9.90 Å². The van der Waals surface area contributed by atoms with Gasteiger partial charge in [-0.2, -0.15) is 0 Å². The number of hydrogen-bond donors (Lipinski definition) is 2. The number of anilines is 1. The number of aromatic nitrogens is 4. The molecule has 0 spiro atoms. The summed E-state index contributed by atoms with van der Waals surface area (Å²) in [5.74, 6) is -1.37. The summed E-state index contributed by atoms with van der Waals surface area (Å²) in [6.07, 6.45) is 1.85. The van der Waals surface area contributed by atoms with Gasteiger partial charge in [-0.3, -0.25) is 4.57 Å². The molecule has 0 bridgehead atoms. The van der Waals surface area contributed by atoms with E-state index < -0.39 is 36.3 Å². The molecular weight excluding hydrogens is 414 g/mol. The molecule has 1 aromatic carbocycles. The van der Waals surface area contributed by atoms with Crippen LogP contribution in [0.4, 0.5) is 5.82 Å². The zero-order valence-electron chi connectivity index (χ0n) is 17.6. The van der Waals surface area contributed by atoms with Gasteiger partial charge in [-0.05, 0) is 37.8 Å². The summed E-state index contributed by atoms with van der Waals surface area (Å²) in [5, 5.41) is 13.1. The number of carboxylic acids is 1. The van der Waals surface area contributed by atoms with Crippen LogP contribution in [0.15, 0.2) is 36.9 Å². The third-order valence-electron chi connectivity index (χ3n) is 6.35. The van der Waals surface area contributed by atoms with Gasteiger partial charge in [0.15, 0.2) is 35.1 Å². The van der Waals surface area contributed by atoms with Gasteiger partial charge in [-0.1, -0.05) is 24.3 Å². The number of carbonyl (C=O) groups is 1. The number of rotatable bonds is 4. The van der Waals surface area contributed by atoms with Crippen molar-refractivity contribution < 1.29 is 24.1 Å². The SMILES string of the molecule is CC1(C)O[C@@H]2[C@H](O1)[C@@H](C(=O)O)O[C@H]2n1cnc2c(N[C@H]3CCc4ccccc43)ncnc21. The smallest absolute Gasteiger partial charge is 0.335 e. The summed E-state index contributed by atoms with van der Waals surface area (Å²) >= 11 is 0. The Morgan fingerprint density at radius 2 is 2.00 bits per heavy atom. The third kappa shape index (κ3) is 2.98. The molecule has 2 N–H and O–H groups in total. The van der Waals surface area contributed by atoms with Crippen LogP contribution in [-0.4, -0.2) is 54.7 Å². The summed E-state index contributed by atoms with van der Waals surface area (Å²) < 4.78 is 19.4. The molecule has 1 aliphatic carbocycles. The van der Waals surface area contributed by atoms with E-state index in [0.29, 0.717) is 17.0 Å². The summed E-state index contributed by atoms with van der Waals surface area (Å²) in [6.45, 7) is 3.52. The van der Waals surface area contributed by atoms with Crippen molar-refractivity contribution >= 4 is 23.0 Å². The number of aliphatic carboxylic acids is 1. The molecule has 2 saturated heterocycles. The van der Waals surface area contributed by atoms with E-state index in [1.807, 2.05) is 6.07 Å². The zero-order valence-corrected chi connectivity index (χ0v) is 17.6. The predicted octanol–water partition coefficient (Wildman–Crippen LogP) is 2.43. The Kier molecular flexibility index (Phi) is 4.26. The Balaban J connectivity index is 1.34. The zero-order chi connectivity index (χ0) is 22.0. The fourth-order valence-electron chi connectivity index (χ4n) is 5.02. The lowest BCUT2D eigenvalue weighted by Crippen LogP contribution is -2.35. The van der Waals surface area contributed by atoms with Gasteiger partial charge in [0.05, 0.1) is 12.4 Å². The highest BCUT2D eigenvalue weighted by molar-refractivity contribution is 5.83. The van der Waals surface area contributed by atoms with Crippen LogP contribution in [0.2, 0.25) is 0 Å². The molecule has 0 unspecified atom stereocenters. The molecule has 32 heavy (non-hydrogen) atoms. The lowest BCUT2D eigenvalue weighted by Gasteiger charge is -2.23. The van der Waals surface area contributed by atoms with Crippen LogP contribution in [0.25, 0.3) is 11.2 Å². The van der Waals surface area contributed by atoms with Crippen LogP contribution in [0.1, 0.15) is 43.7 Å². The fraction of sp³-hybridized carbons (Fsp3) is 0.455.